The predicted molar refractivity (Wildman–Crippen MR) is 91.1 cm³/mol. The zero-order valence-electron chi connectivity index (χ0n) is 14.5. The minimum absolute atomic E-state index is 0.0864. The molecule has 6 heteroatoms. The van der Waals surface area contributed by atoms with Crippen molar-refractivity contribution < 1.29 is 8.94 Å². The van der Waals surface area contributed by atoms with Gasteiger partial charge in [-0.1, -0.05) is 32.0 Å². The van der Waals surface area contributed by atoms with Crippen LogP contribution in [-0.2, 0) is 12.0 Å². The maximum Gasteiger partial charge on any atom is 0.298 e. The molecule has 1 saturated carbocycles. The molecule has 6 nitrogen and oxygen atoms in total. The minimum atomic E-state index is 0.0864. The molecule has 0 aliphatic heterocycles. The summed E-state index contributed by atoms with van der Waals surface area (Å²) in [5.41, 5.74) is 2.99. The van der Waals surface area contributed by atoms with Crippen molar-refractivity contribution in [1.29, 1.82) is 0 Å². The van der Waals surface area contributed by atoms with Gasteiger partial charge in [-0.15, -0.1) is 0 Å². The maximum atomic E-state index is 5.86. The Kier molecular flexibility index (Phi) is 3.37. The van der Waals surface area contributed by atoms with Crippen LogP contribution in [0, 0.1) is 0 Å². The van der Waals surface area contributed by atoms with Crippen LogP contribution in [0.1, 0.15) is 56.8 Å². The Bertz CT molecular complexity index is 871. The lowest BCUT2D eigenvalue weighted by atomic mass is 9.87. The molecule has 1 fully saturated rings. The summed E-state index contributed by atoms with van der Waals surface area (Å²) >= 11 is 0. The van der Waals surface area contributed by atoms with E-state index in [0.717, 1.165) is 29.8 Å². The lowest BCUT2D eigenvalue weighted by Gasteiger charge is -2.18. The van der Waals surface area contributed by atoms with Crippen LogP contribution in [0.25, 0.3) is 11.1 Å². The second kappa shape index (κ2) is 5.33. The molecule has 0 atom stereocenters. The number of oxazole rings is 1. The number of rotatable bonds is 4. The van der Waals surface area contributed by atoms with E-state index in [4.69, 9.17) is 8.94 Å². The van der Waals surface area contributed by atoms with Crippen LogP contribution in [0.3, 0.4) is 0 Å². The van der Waals surface area contributed by atoms with Crippen LogP contribution in [-0.4, -0.2) is 22.2 Å². The number of aromatic nitrogens is 3. The highest BCUT2D eigenvalue weighted by atomic mass is 16.5. The molecule has 0 saturated heterocycles. The highest BCUT2D eigenvalue weighted by molar-refractivity contribution is 5.75. The smallest absolute Gasteiger partial charge is 0.298 e. The lowest BCUT2D eigenvalue weighted by molar-refractivity contribution is 0.373. The fourth-order valence-electron chi connectivity index (χ4n) is 2.65. The third-order valence-electron chi connectivity index (χ3n) is 4.36. The summed E-state index contributed by atoms with van der Waals surface area (Å²) in [7, 11) is 1.92. The average molecular weight is 326 g/mol. The van der Waals surface area contributed by atoms with E-state index in [1.165, 1.54) is 5.56 Å². The van der Waals surface area contributed by atoms with E-state index in [9.17, 15) is 0 Å². The van der Waals surface area contributed by atoms with Gasteiger partial charge in [0.2, 0.25) is 5.89 Å². The van der Waals surface area contributed by atoms with Crippen LogP contribution < -0.4 is 4.90 Å². The zero-order valence-corrected chi connectivity index (χ0v) is 14.5. The Morgan fingerprint density at radius 2 is 2.00 bits per heavy atom. The van der Waals surface area contributed by atoms with Gasteiger partial charge < -0.3 is 13.8 Å². The van der Waals surface area contributed by atoms with Crippen molar-refractivity contribution in [2.75, 3.05) is 11.9 Å². The lowest BCUT2D eigenvalue weighted by Crippen LogP contribution is -2.17. The van der Waals surface area contributed by atoms with Crippen molar-refractivity contribution in [3.05, 3.63) is 35.5 Å². The fraction of sp³-hybridized carbons (Fsp3) is 0.500. The number of anilines is 1. The second-order valence-corrected chi connectivity index (χ2v) is 7.61. The van der Waals surface area contributed by atoms with Crippen molar-refractivity contribution in [1.82, 2.24) is 15.1 Å². The number of nitrogens with zero attached hydrogens (tertiary/aromatic N) is 4. The van der Waals surface area contributed by atoms with Crippen molar-refractivity contribution in [2.24, 2.45) is 0 Å². The summed E-state index contributed by atoms with van der Waals surface area (Å²) in [6.07, 6.45) is 2.30. The quantitative estimate of drug-likeness (QED) is 0.721. The Balaban J connectivity index is 1.55. The Labute approximate surface area is 140 Å². The molecule has 1 aromatic carbocycles. The van der Waals surface area contributed by atoms with E-state index in [-0.39, 0.29) is 5.41 Å². The third-order valence-corrected chi connectivity index (χ3v) is 4.36. The van der Waals surface area contributed by atoms with Crippen molar-refractivity contribution >= 4 is 17.1 Å². The van der Waals surface area contributed by atoms with Gasteiger partial charge >= 0.3 is 0 Å². The maximum absolute atomic E-state index is 5.86. The van der Waals surface area contributed by atoms with Crippen LogP contribution in [0.15, 0.2) is 27.1 Å². The molecule has 3 aromatic rings. The molecular weight excluding hydrogens is 304 g/mol. The Hall–Kier alpha value is -2.37. The molecule has 4 rings (SSSR count). The Morgan fingerprint density at radius 1 is 1.21 bits per heavy atom. The standard InChI is InChI=1S/C18H22N4O2/c1-18(2,3)12-7-8-14-13(9-12)19-17(23-14)22(4)10-15-20-16(24-21-15)11-5-6-11/h7-9,11H,5-6,10H2,1-4H3. The molecule has 2 heterocycles. The first-order valence-electron chi connectivity index (χ1n) is 8.35. The van der Waals surface area contributed by atoms with Gasteiger partial charge in [0.25, 0.3) is 6.01 Å². The molecule has 0 spiro atoms. The molecule has 0 unspecified atom stereocenters. The van der Waals surface area contributed by atoms with Crippen molar-refractivity contribution in [3.8, 4) is 0 Å². The molecule has 126 valence electrons. The van der Waals surface area contributed by atoms with Gasteiger partial charge in [0.05, 0.1) is 6.54 Å². The topological polar surface area (TPSA) is 68.2 Å². The average Bonchev–Trinajstić information content (AvgIpc) is 3.11. The number of fused-ring (bicyclic) bond motifs is 1. The summed E-state index contributed by atoms with van der Waals surface area (Å²) in [5.74, 6) is 1.89. The number of hydrogen-bond acceptors (Lipinski definition) is 6. The van der Waals surface area contributed by atoms with E-state index >= 15 is 0 Å². The van der Waals surface area contributed by atoms with E-state index in [1.807, 2.05) is 18.0 Å². The Morgan fingerprint density at radius 3 is 2.71 bits per heavy atom. The first kappa shape index (κ1) is 15.2. The van der Waals surface area contributed by atoms with Crippen LogP contribution in [0.2, 0.25) is 0 Å². The molecule has 2 aromatic heterocycles. The molecule has 0 radical (unpaired) electrons. The summed E-state index contributed by atoms with van der Waals surface area (Å²) in [4.78, 5) is 11.0. The highest BCUT2D eigenvalue weighted by Gasteiger charge is 2.29. The zero-order chi connectivity index (χ0) is 16.9. The highest BCUT2D eigenvalue weighted by Crippen LogP contribution is 2.39. The monoisotopic (exact) mass is 326 g/mol. The molecule has 1 aliphatic carbocycles. The molecule has 1 aliphatic rings. The first-order chi connectivity index (χ1) is 11.4. The minimum Gasteiger partial charge on any atom is -0.423 e. The van der Waals surface area contributed by atoms with Gasteiger partial charge in [0, 0.05) is 13.0 Å². The molecule has 24 heavy (non-hydrogen) atoms. The largest absolute Gasteiger partial charge is 0.423 e. The van der Waals surface area contributed by atoms with E-state index in [0.29, 0.717) is 24.3 Å². The van der Waals surface area contributed by atoms with Crippen LogP contribution in [0.4, 0.5) is 6.01 Å². The van der Waals surface area contributed by atoms with Crippen LogP contribution >= 0.6 is 0 Å². The van der Waals surface area contributed by atoms with Gasteiger partial charge in [-0.3, -0.25) is 0 Å². The van der Waals surface area contributed by atoms with E-state index in [2.05, 4.69) is 48.0 Å². The van der Waals surface area contributed by atoms with E-state index < -0.39 is 0 Å². The van der Waals surface area contributed by atoms with Gasteiger partial charge in [-0.25, -0.2) is 0 Å². The SMILES string of the molecule is CN(Cc1noc(C2CC2)n1)c1nc2cc(C(C)(C)C)ccc2o1. The molecule has 0 amide bonds. The van der Waals surface area contributed by atoms with Crippen LogP contribution in [0.5, 0.6) is 0 Å². The number of hydrogen-bond donors (Lipinski definition) is 0. The first-order valence-corrected chi connectivity index (χ1v) is 8.35. The third kappa shape index (κ3) is 2.88. The summed E-state index contributed by atoms with van der Waals surface area (Å²) in [6, 6.07) is 6.74. The van der Waals surface area contributed by atoms with Gasteiger partial charge in [-0.2, -0.15) is 9.97 Å². The van der Waals surface area contributed by atoms with E-state index in [1.54, 1.807) is 0 Å². The van der Waals surface area contributed by atoms with Crippen molar-refractivity contribution in [3.63, 3.8) is 0 Å². The van der Waals surface area contributed by atoms with Gasteiger partial charge in [0.1, 0.15) is 5.52 Å². The number of benzene rings is 1. The molecule has 0 bridgehead atoms. The summed E-state index contributed by atoms with van der Waals surface area (Å²) < 4.78 is 11.2. The summed E-state index contributed by atoms with van der Waals surface area (Å²) in [6.45, 7) is 7.08. The predicted octanol–water partition coefficient (Wildman–Crippen LogP) is 4.02. The molecular formula is C18H22N4O2. The van der Waals surface area contributed by atoms with Gasteiger partial charge in [0.15, 0.2) is 11.4 Å². The van der Waals surface area contributed by atoms with Gasteiger partial charge in [-0.05, 0) is 36.0 Å². The van der Waals surface area contributed by atoms with Crippen molar-refractivity contribution in [2.45, 2.75) is 51.5 Å². The fourth-order valence-corrected chi connectivity index (χ4v) is 2.65. The second-order valence-electron chi connectivity index (χ2n) is 7.61. The normalized spacial score (nSPS) is 15.2. The molecule has 0 N–H and O–H groups in total. The summed E-state index contributed by atoms with van der Waals surface area (Å²) in [5, 5.41) is 4.05.